The molecule has 1 atom stereocenters. The van der Waals surface area contributed by atoms with Crippen LogP contribution < -0.4 is 15.0 Å². The van der Waals surface area contributed by atoms with Crippen molar-refractivity contribution >= 4 is 5.69 Å². The van der Waals surface area contributed by atoms with Crippen molar-refractivity contribution in [1.82, 2.24) is 5.32 Å². The van der Waals surface area contributed by atoms with E-state index in [-0.39, 0.29) is 0 Å². The van der Waals surface area contributed by atoms with Gasteiger partial charge in [-0.25, -0.2) is 0 Å². The molecule has 0 aliphatic heterocycles. The first kappa shape index (κ1) is 14.8. The summed E-state index contributed by atoms with van der Waals surface area (Å²) in [5.41, 5.74) is 2.53. The predicted octanol–water partition coefficient (Wildman–Crippen LogP) is 3.21. The summed E-state index contributed by atoms with van der Waals surface area (Å²) in [6.07, 6.45) is 0. The van der Waals surface area contributed by atoms with Crippen LogP contribution in [-0.4, -0.2) is 26.7 Å². The number of hydrogen-bond acceptors (Lipinski definition) is 3. The van der Waals surface area contributed by atoms with Gasteiger partial charge in [0.1, 0.15) is 5.75 Å². The molecule has 0 saturated carbocycles. The SMILES string of the molecule is CCNC(C)c1c(OC)cccc1N(CC)CC. The molecular weight excluding hydrogens is 224 g/mol. The fourth-order valence-electron chi connectivity index (χ4n) is 2.39. The summed E-state index contributed by atoms with van der Waals surface area (Å²) in [4.78, 5) is 2.37. The van der Waals surface area contributed by atoms with Crippen LogP contribution in [0.15, 0.2) is 18.2 Å². The smallest absolute Gasteiger partial charge is 0.125 e. The van der Waals surface area contributed by atoms with E-state index in [0.717, 1.165) is 25.4 Å². The molecule has 0 spiro atoms. The second-order valence-electron chi connectivity index (χ2n) is 4.34. The highest BCUT2D eigenvalue weighted by Gasteiger charge is 2.18. The highest BCUT2D eigenvalue weighted by atomic mass is 16.5. The third kappa shape index (κ3) is 3.16. The second kappa shape index (κ2) is 7.27. The summed E-state index contributed by atoms with van der Waals surface area (Å²) < 4.78 is 5.53. The molecule has 1 N–H and O–H groups in total. The molecule has 0 aliphatic rings. The minimum absolute atomic E-state index is 0.293. The van der Waals surface area contributed by atoms with Crippen LogP contribution in [0, 0.1) is 0 Å². The van der Waals surface area contributed by atoms with Gasteiger partial charge in [-0.3, -0.25) is 0 Å². The minimum Gasteiger partial charge on any atom is -0.496 e. The fourth-order valence-corrected chi connectivity index (χ4v) is 2.39. The normalized spacial score (nSPS) is 12.3. The number of hydrogen-bond donors (Lipinski definition) is 1. The Morgan fingerprint density at radius 3 is 2.39 bits per heavy atom. The van der Waals surface area contributed by atoms with Crippen molar-refractivity contribution in [3.05, 3.63) is 23.8 Å². The van der Waals surface area contributed by atoms with E-state index in [1.165, 1.54) is 11.3 Å². The molecule has 0 bridgehead atoms. The van der Waals surface area contributed by atoms with Gasteiger partial charge < -0.3 is 15.0 Å². The fraction of sp³-hybridized carbons (Fsp3) is 0.600. The standard InChI is InChI=1S/C15H26N2O/c1-6-16-12(4)15-13(17(7-2)8-3)10-9-11-14(15)18-5/h9-12,16H,6-8H2,1-5H3. The second-order valence-corrected chi connectivity index (χ2v) is 4.34. The van der Waals surface area contributed by atoms with Gasteiger partial charge in [0.15, 0.2) is 0 Å². The van der Waals surface area contributed by atoms with Gasteiger partial charge >= 0.3 is 0 Å². The van der Waals surface area contributed by atoms with Gasteiger partial charge in [-0.05, 0) is 39.4 Å². The molecule has 1 rings (SSSR count). The van der Waals surface area contributed by atoms with E-state index in [0.29, 0.717) is 6.04 Å². The van der Waals surface area contributed by atoms with Crippen LogP contribution in [0.5, 0.6) is 5.75 Å². The Morgan fingerprint density at radius 2 is 1.89 bits per heavy atom. The lowest BCUT2D eigenvalue weighted by Gasteiger charge is -2.28. The Bertz CT molecular complexity index is 362. The average molecular weight is 250 g/mol. The number of rotatable bonds is 7. The number of anilines is 1. The molecular formula is C15H26N2O. The number of nitrogens with zero attached hydrogens (tertiary/aromatic N) is 1. The monoisotopic (exact) mass is 250 g/mol. The molecule has 0 heterocycles. The molecule has 0 fully saturated rings. The largest absolute Gasteiger partial charge is 0.496 e. The molecule has 0 radical (unpaired) electrons. The van der Waals surface area contributed by atoms with Gasteiger partial charge in [0, 0.05) is 30.4 Å². The molecule has 0 amide bonds. The highest BCUT2D eigenvalue weighted by Crippen LogP contribution is 2.34. The van der Waals surface area contributed by atoms with Crippen molar-refractivity contribution in [3.8, 4) is 5.75 Å². The Balaban J connectivity index is 3.23. The lowest BCUT2D eigenvalue weighted by Crippen LogP contribution is -2.26. The Hall–Kier alpha value is -1.22. The van der Waals surface area contributed by atoms with Gasteiger partial charge in [-0.1, -0.05) is 13.0 Å². The molecule has 1 unspecified atom stereocenters. The van der Waals surface area contributed by atoms with Crippen molar-refractivity contribution in [1.29, 1.82) is 0 Å². The van der Waals surface area contributed by atoms with E-state index in [2.05, 4.69) is 50.0 Å². The van der Waals surface area contributed by atoms with E-state index in [1.54, 1.807) is 7.11 Å². The molecule has 0 saturated heterocycles. The molecule has 1 aromatic carbocycles. The lowest BCUT2D eigenvalue weighted by atomic mass is 10.0. The quantitative estimate of drug-likeness (QED) is 0.804. The molecule has 0 aromatic heterocycles. The first-order valence-electron chi connectivity index (χ1n) is 6.84. The number of nitrogens with one attached hydrogen (secondary N) is 1. The molecule has 18 heavy (non-hydrogen) atoms. The first-order valence-corrected chi connectivity index (χ1v) is 6.84. The van der Waals surface area contributed by atoms with E-state index in [4.69, 9.17) is 4.74 Å². The summed E-state index contributed by atoms with van der Waals surface area (Å²) in [5, 5.41) is 3.47. The van der Waals surface area contributed by atoms with Gasteiger partial charge in [-0.2, -0.15) is 0 Å². The summed E-state index contributed by atoms with van der Waals surface area (Å²) in [7, 11) is 1.74. The highest BCUT2D eigenvalue weighted by molar-refractivity contribution is 5.60. The topological polar surface area (TPSA) is 24.5 Å². The summed E-state index contributed by atoms with van der Waals surface area (Å²) >= 11 is 0. The Kier molecular flexibility index (Phi) is 5.99. The number of ether oxygens (including phenoxy) is 1. The number of benzene rings is 1. The van der Waals surface area contributed by atoms with Crippen LogP contribution in [0.3, 0.4) is 0 Å². The van der Waals surface area contributed by atoms with Gasteiger partial charge in [-0.15, -0.1) is 0 Å². The maximum Gasteiger partial charge on any atom is 0.125 e. The van der Waals surface area contributed by atoms with Crippen LogP contribution in [0.25, 0.3) is 0 Å². The zero-order valence-corrected chi connectivity index (χ0v) is 12.3. The van der Waals surface area contributed by atoms with Crippen LogP contribution in [0.1, 0.15) is 39.3 Å². The molecule has 3 heteroatoms. The van der Waals surface area contributed by atoms with Crippen molar-refractivity contribution in [2.24, 2.45) is 0 Å². The van der Waals surface area contributed by atoms with E-state index < -0.39 is 0 Å². The van der Waals surface area contributed by atoms with Gasteiger partial charge in [0.25, 0.3) is 0 Å². The van der Waals surface area contributed by atoms with Gasteiger partial charge in [0.2, 0.25) is 0 Å². The summed E-state index contributed by atoms with van der Waals surface area (Å²) in [6.45, 7) is 11.7. The zero-order chi connectivity index (χ0) is 13.5. The van der Waals surface area contributed by atoms with Crippen LogP contribution in [0.2, 0.25) is 0 Å². The molecule has 102 valence electrons. The van der Waals surface area contributed by atoms with Crippen molar-refractivity contribution in [2.45, 2.75) is 33.7 Å². The lowest BCUT2D eigenvalue weighted by molar-refractivity contribution is 0.402. The number of methoxy groups -OCH3 is 1. The minimum atomic E-state index is 0.293. The van der Waals surface area contributed by atoms with Gasteiger partial charge in [0.05, 0.1) is 7.11 Å². The summed E-state index contributed by atoms with van der Waals surface area (Å²) in [6, 6.07) is 6.57. The van der Waals surface area contributed by atoms with E-state index in [1.807, 2.05) is 6.07 Å². The van der Waals surface area contributed by atoms with Crippen molar-refractivity contribution < 1.29 is 4.74 Å². The first-order chi connectivity index (χ1) is 8.69. The Morgan fingerprint density at radius 1 is 1.22 bits per heavy atom. The van der Waals surface area contributed by atoms with Crippen LogP contribution >= 0.6 is 0 Å². The van der Waals surface area contributed by atoms with Crippen LogP contribution in [-0.2, 0) is 0 Å². The Labute approximate surface area is 111 Å². The molecule has 0 aliphatic carbocycles. The third-order valence-electron chi connectivity index (χ3n) is 3.31. The predicted molar refractivity (Wildman–Crippen MR) is 78.6 cm³/mol. The van der Waals surface area contributed by atoms with Crippen LogP contribution in [0.4, 0.5) is 5.69 Å². The van der Waals surface area contributed by atoms with Crippen molar-refractivity contribution in [2.75, 3.05) is 31.6 Å². The zero-order valence-electron chi connectivity index (χ0n) is 12.3. The maximum absolute atomic E-state index is 5.53. The van der Waals surface area contributed by atoms with E-state index in [9.17, 15) is 0 Å². The average Bonchev–Trinajstić information content (AvgIpc) is 2.40. The summed E-state index contributed by atoms with van der Waals surface area (Å²) in [5.74, 6) is 0.966. The van der Waals surface area contributed by atoms with Crippen molar-refractivity contribution in [3.63, 3.8) is 0 Å². The molecule has 3 nitrogen and oxygen atoms in total. The maximum atomic E-state index is 5.53. The molecule has 1 aromatic rings. The van der Waals surface area contributed by atoms with E-state index >= 15 is 0 Å². The third-order valence-corrected chi connectivity index (χ3v) is 3.31.